The van der Waals surface area contributed by atoms with E-state index < -0.39 is 0 Å². The van der Waals surface area contributed by atoms with Gasteiger partial charge >= 0.3 is 0 Å². The van der Waals surface area contributed by atoms with E-state index in [1.54, 1.807) is 22.7 Å². The van der Waals surface area contributed by atoms with E-state index in [9.17, 15) is 4.79 Å². The summed E-state index contributed by atoms with van der Waals surface area (Å²) in [6, 6.07) is 0. The van der Waals surface area contributed by atoms with Crippen molar-refractivity contribution in [3.8, 4) is 0 Å². The van der Waals surface area contributed by atoms with Gasteiger partial charge < -0.3 is 5.32 Å². The molecule has 110 valence electrons. The molecule has 0 saturated carbocycles. The lowest BCUT2D eigenvalue weighted by Crippen LogP contribution is -2.27. The number of rotatable bonds is 5. The van der Waals surface area contributed by atoms with Crippen LogP contribution in [0.5, 0.6) is 0 Å². The highest BCUT2D eigenvalue weighted by molar-refractivity contribution is 7.15. The van der Waals surface area contributed by atoms with Crippen molar-refractivity contribution in [2.24, 2.45) is 0 Å². The van der Waals surface area contributed by atoms with Crippen LogP contribution in [-0.4, -0.2) is 26.8 Å². The number of fused-ring (bicyclic) bond motifs is 1. The molecule has 0 unspecified atom stereocenters. The molecule has 0 aliphatic carbocycles. The van der Waals surface area contributed by atoms with Crippen molar-refractivity contribution in [2.45, 2.75) is 26.7 Å². The van der Waals surface area contributed by atoms with Gasteiger partial charge in [0.05, 0.1) is 22.8 Å². The van der Waals surface area contributed by atoms with Gasteiger partial charge in [0.2, 0.25) is 5.91 Å². The molecule has 5 nitrogen and oxygen atoms in total. The number of carbonyl (C=O) groups is 1. The summed E-state index contributed by atoms with van der Waals surface area (Å²) in [7, 11) is 0. The van der Waals surface area contributed by atoms with Crippen LogP contribution in [0.2, 0.25) is 0 Å². The first kappa shape index (κ1) is 14.2. The Morgan fingerprint density at radius 1 is 1.38 bits per heavy atom. The zero-order chi connectivity index (χ0) is 14.8. The second kappa shape index (κ2) is 5.95. The molecule has 0 radical (unpaired) electrons. The van der Waals surface area contributed by atoms with Crippen LogP contribution in [0.15, 0.2) is 17.8 Å². The van der Waals surface area contributed by atoms with E-state index in [2.05, 4.69) is 15.3 Å². The van der Waals surface area contributed by atoms with Gasteiger partial charge in [-0.25, -0.2) is 9.97 Å². The first-order valence-electron chi connectivity index (χ1n) is 6.72. The summed E-state index contributed by atoms with van der Waals surface area (Å²) in [4.78, 5) is 22.8. The zero-order valence-electron chi connectivity index (χ0n) is 11.9. The van der Waals surface area contributed by atoms with E-state index in [4.69, 9.17) is 0 Å². The first-order chi connectivity index (χ1) is 10.1. The van der Waals surface area contributed by atoms with Crippen LogP contribution in [-0.2, 0) is 17.6 Å². The van der Waals surface area contributed by atoms with E-state index in [1.807, 2.05) is 36.0 Å². The summed E-state index contributed by atoms with van der Waals surface area (Å²) in [6.07, 6.45) is 5.16. The van der Waals surface area contributed by atoms with Gasteiger partial charge in [-0.1, -0.05) is 0 Å². The number of aryl methyl sites for hydroxylation is 2. The maximum atomic E-state index is 11.9. The average Bonchev–Trinajstić information content (AvgIpc) is 3.05. The topological polar surface area (TPSA) is 59.3 Å². The van der Waals surface area contributed by atoms with Crippen molar-refractivity contribution in [3.63, 3.8) is 0 Å². The van der Waals surface area contributed by atoms with Crippen LogP contribution < -0.4 is 5.32 Å². The van der Waals surface area contributed by atoms with E-state index in [-0.39, 0.29) is 5.91 Å². The van der Waals surface area contributed by atoms with E-state index in [0.717, 1.165) is 32.7 Å². The quantitative estimate of drug-likeness (QED) is 0.785. The minimum atomic E-state index is 0.0442. The van der Waals surface area contributed by atoms with E-state index in [1.165, 1.54) is 0 Å². The van der Waals surface area contributed by atoms with Crippen molar-refractivity contribution >= 4 is 33.5 Å². The molecule has 0 aromatic carbocycles. The van der Waals surface area contributed by atoms with Crippen molar-refractivity contribution < 1.29 is 4.79 Å². The van der Waals surface area contributed by atoms with Gasteiger partial charge in [-0.2, -0.15) is 0 Å². The van der Waals surface area contributed by atoms with Gasteiger partial charge in [0.15, 0.2) is 4.96 Å². The van der Waals surface area contributed by atoms with Gasteiger partial charge in [-0.3, -0.25) is 9.20 Å². The molecular weight excluding hydrogens is 304 g/mol. The molecule has 0 bridgehead atoms. The van der Waals surface area contributed by atoms with Crippen LogP contribution in [0.4, 0.5) is 0 Å². The molecule has 1 amide bonds. The molecule has 0 atom stereocenters. The van der Waals surface area contributed by atoms with E-state index >= 15 is 0 Å². The van der Waals surface area contributed by atoms with Crippen LogP contribution in [0.25, 0.3) is 4.96 Å². The Morgan fingerprint density at radius 2 is 2.24 bits per heavy atom. The predicted molar refractivity (Wildman–Crippen MR) is 85.1 cm³/mol. The van der Waals surface area contributed by atoms with Crippen molar-refractivity contribution in [1.29, 1.82) is 0 Å². The lowest BCUT2D eigenvalue weighted by molar-refractivity contribution is -0.120. The fraction of sp³-hybridized carbons (Fsp3) is 0.357. The third-order valence-electron chi connectivity index (χ3n) is 3.17. The molecule has 3 rings (SSSR count). The maximum Gasteiger partial charge on any atom is 0.225 e. The lowest BCUT2D eigenvalue weighted by atomic mass is 10.3. The molecule has 0 fully saturated rings. The first-order valence-corrected chi connectivity index (χ1v) is 8.42. The molecule has 0 saturated heterocycles. The summed E-state index contributed by atoms with van der Waals surface area (Å²) in [5.74, 6) is 0.0442. The normalized spacial score (nSPS) is 11.1. The number of carbonyl (C=O) groups excluding carboxylic acids is 1. The summed E-state index contributed by atoms with van der Waals surface area (Å²) < 4.78 is 2.01. The van der Waals surface area contributed by atoms with E-state index in [0.29, 0.717) is 13.0 Å². The molecule has 3 aromatic rings. The molecule has 3 heterocycles. The standard InChI is InChI=1S/C14H16N4OS2/c1-9-12(21-10(2)16-9)7-13(19)15-4-3-11-8-18-5-6-20-14(18)17-11/h5-6,8H,3-4,7H2,1-2H3,(H,15,19). The highest BCUT2D eigenvalue weighted by Gasteiger charge is 2.10. The minimum Gasteiger partial charge on any atom is -0.355 e. The fourth-order valence-electron chi connectivity index (χ4n) is 2.17. The Hall–Kier alpha value is -1.73. The fourth-order valence-corrected chi connectivity index (χ4v) is 3.83. The summed E-state index contributed by atoms with van der Waals surface area (Å²) in [5, 5.41) is 5.96. The minimum absolute atomic E-state index is 0.0442. The molecule has 21 heavy (non-hydrogen) atoms. The van der Waals surface area contributed by atoms with Crippen LogP contribution in [0.1, 0.15) is 21.3 Å². The third-order valence-corrected chi connectivity index (χ3v) is 5.01. The maximum absolute atomic E-state index is 11.9. The largest absolute Gasteiger partial charge is 0.355 e. The molecule has 0 aliphatic heterocycles. The van der Waals surface area contributed by atoms with Crippen LogP contribution in [0, 0.1) is 13.8 Å². The molecule has 1 N–H and O–H groups in total. The number of nitrogens with zero attached hydrogens (tertiary/aromatic N) is 3. The smallest absolute Gasteiger partial charge is 0.225 e. The monoisotopic (exact) mass is 320 g/mol. The third kappa shape index (κ3) is 3.30. The Labute approximate surface area is 130 Å². The Kier molecular flexibility index (Phi) is 4.03. The Bertz CT molecular complexity index is 742. The predicted octanol–water partition coefficient (Wildman–Crippen LogP) is 2.37. The Morgan fingerprint density at radius 3 is 2.95 bits per heavy atom. The molecular formula is C14H16N4OS2. The average molecular weight is 320 g/mol. The molecule has 0 spiro atoms. The van der Waals surface area contributed by atoms with Gasteiger partial charge in [0, 0.05) is 35.6 Å². The van der Waals surface area contributed by atoms with Crippen LogP contribution >= 0.6 is 22.7 Å². The second-order valence-corrected chi connectivity index (χ2v) is 7.00. The summed E-state index contributed by atoms with van der Waals surface area (Å²) in [6.45, 7) is 4.52. The zero-order valence-corrected chi connectivity index (χ0v) is 13.6. The number of thiazole rings is 2. The second-order valence-electron chi connectivity index (χ2n) is 4.84. The number of imidazole rings is 1. The summed E-state index contributed by atoms with van der Waals surface area (Å²) >= 11 is 3.20. The number of aromatic nitrogens is 3. The molecule has 7 heteroatoms. The highest BCUT2D eigenvalue weighted by Crippen LogP contribution is 2.17. The van der Waals surface area contributed by atoms with Crippen molar-refractivity contribution in [1.82, 2.24) is 19.7 Å². The lowest BCUT2D eigenvalue weighted by Gasteiger charge is -2.03. The SMILES string of the molecule is Cc1nc(C)c(CC(=O)NCCc2cn3ccsc3n2)s1. The van der Waals surface area contributed by atoms with Crippen LogP contribution in [0.3, 0.4) is 0 Å². The number of nitrogens with one attached hydrogen (secondary N) is 1. The van der Waals surface area contributed by atoms with Gasteiger partial charge in [-0.15, -0.1) is 22.7 Å². The number of hydrogen-bond acceptors (Lipinski definition) is 5. The Balaban J connectivity index is 1.49. The number of amides is 1. The van der Waals surface area contributed by atoms with Crippen molar-refractivity contribution in [2.75, 3.05) is 6.54 Å². The van der Waals surface area contributed by atoms with Gasteiger partial charge in [-0.05, 0) is 13.8 Å². The van der Waals surface area contributed by atoms with Crippen molar-refractivity contribution in [3.05, 3.63) is 39.0 Å². The molecule has 0 aliphatic rings. The highest BCUT2D eigenvalue weighted by atomic mass is 32.1. The molecule has 3 aromatic heterocycles. The number of hydrogen-bond donors (Lipinski definition) is 1. The van der Waals surface area contributed by atoms with Gasteiger partial charge in [0.25, 0.3) is 0 Å². The summed E-state index contributed by atoms with van der Waals surface area (Å²) in [5.41, 5.74) is 1.97. The van der Waals surface area contributed by atoms with Gasteiger partial charge in [0.1, 0.15) is 0 Å².